The Morgan fingerprint density at radius 2 is 1.90 bits per heavy atom. The van der Waals surface area contributed by atoms with Crippen molar-refractivity contribution in [2.45, 2.75) is 46.0 Å². The van der Waals surface area contributed by atoms with E-state index in [-0.39, 0.29) is 23.8 Å². The Balaban J connectivity index is 3.41. The van der Waals surface area contributed by atoms with Crippen molar-refractivity contribution in [3.63, 3.8) is 0 Å². The van der Waals surface area contributed by atoms with Crippen LogP contribution in [0.3, 0.4) is 0 Å². The van der Waals surface area contributed by atoms with E-state index in [1.54, 1.807) is 20.8 Å². The number of aliphatic hydroxyl groups excluding tert-OH is 1. The van der Waals surface area contributed by atoms with Crippen molar-refractivity contribution in [2.24, 2.45) is 16.6 Å². The highest BCUT2D eigenvalue weighted by Gasteiger charge is 2.57. The van der Waals surface area contributed by atoms with Crippen molar-refractivity contribution in [3.05, 3.63) is 11.3 Å². The minimum atomic E-state index is -1.61. The maximum atomic E-state index is 10.3. The van der Waals surface area contributed by atoms with E-state index < -0.39 is 17.1 Å². The molecular weight excluding hydrogens is 256 g/mol. The van der Waals surface area contributed by atoms with Gasteiger partial charge in [-0.25, -0.2) is 0 Å². The monoisotopic (exact) mass is 274 g/mol. The third-order valence-electron chi connectivity index (χ3n) is 3.81. The standard InChI is InChI=1S/C14H18N4O2/c1-4-14(12(19)20-9(2)3)6-13(7-16,8-17)10(5-15)11(14)18/h9,12,19H,4,6,18H2,1-3H3. The van der Waals surface area contributed by atoms with Crippen LogP contribution in [0.25, 0.3) is 0 Å². The lowest BCUT2D eigenvalue weighted by atomic mass is 9.75. The van der Waals surface area contributed by atoms with Crippen molar-refractivity contribution in [1.82, 2.24) is 0 Å². The molecule has 0 aliphatic heterocycles. The summed E-state index contributed by atoms with van der Waals surface area (Å²) in [6.45, 7) is 5.29. The fraction of sp³-hybridized carbons (Fsp3) is 0.643. The molecule has 0 aromatic rings. The first kappa shape index (κ1) is 16.0. The van der Waals surface area contributed by atoms with Crippen LogP contribution in [-0.4, -0.2) is 17.5 Å². The Morgan fingerprint density at radius 3 is 2.20 bits per heavy atom. The largest absolute Gasteiger partial charge is 0.401 e. The van der Waals surface area contributed by atoms with Gasteiger partial charge in [0.05, 0.1) is 35.3 Å². The van der Waals surface area contributed by atoms with Crippen LogP contribution in [0.2, 0.25) is 0 Å². The van der Waals surface area contributed by atoms with Gasteiger partial charge in [-0.05, 0) is 20.3 Å². The maximum absolute atomic E-state index is 10.3. The average Bonchev–Trinajstić information content (AvgIpc) is 2.68. The highest BCUT2D eigenvalue weighted by atomic mass is 16.6. The van der Waals surface area contributed by atoms with Gasteiger partial charge in [-0.1, -0.05) is 6.92 Å². The Hall–Kier alpha value is -2.07. The second-order valence-corrected chi connectivity index (χ2v) is 5.25. The number of allylic oxidation sites excluding steroid dienone is 1. The Morgan fingerprint density at radius 1 is 1.35 bits per heavy atom. The van der Waals surface area contributed by atoms with Crippen LogP contribution in [-0.2, 0) is 4.74 Å². The van der Waals surface area contributed by atoms with E-state index in [0.29, 0.717) is 6.42 Å². The Bertz CT molecular complexity index is 533. The number of ether oxygens (including phenoxy) is 1. The predicted octanol–water partition coefficient (Wildman–Crippen LogP) is 1.30. The van der Waals surface area contributed by atoms with Gasteiger partial charge in [0, 0.05) is 12.1 Å². The number of aliphatic hydroxyl groups is 1. The van der Waals surface area contributed by atoms with Crippen molar-refractivity contribution in [3.8, 4) is 18.2 Å². The third kappa shape index (κ3) is 2.12. The van der Waals surface area contributed by atoms with Crippen LogP contribution in [0.5, 0.6) is 0 Å². The van der Waals surface area contributed by atoms with Gasteiger partial charge in [0.25, 0.3) is 0 Å². The molecule has 0 heterocycles. The summed E-state index contributed by atoms with van der Waals surface area (Å²) in [6.07, 6.45) is -1.18. The van der Waals surface area contributed by atoms with E-state index in [4.69, 9.17) is 10.5 Å². The van der Waals surface area contributed by atoms with Gasteiger partial charge in [0.1, 0.15) is 0 Å². The molecule has 0 amide bonds. The molecule has 1 aliphatic carbocycles. The summed E-state index contributed by atoms with van der Waals surface area (Å²) in [5.74, 6) is 0. The van der Waals surface area contributed by atoms with E-state index in [2.05, 4.69) is 0 Å². The molecule has 6 heteroatoms. The molecule has 20 heavy (non-hydrogen) atoms. The fourth-order valence-electron chi connectivity index (χ4n) is 2.61. The van der Waals surface area contributed by atoms with Gasteiger partial charge in [0.15, 0.2) is 11.7 Å². The predicted molar refractivity (Wildman–Crippen MR) is 70.1 cm³/mol. The minimum Gasteiger partial charge on any atom is -0.401 e. The first-order valence-electron chi connectivity index (χ1n) is 6.40. The zero-order chi connectivity index (χ0) is 15.6. The van der Waals surface area contributed by atoms with Crippen LogP contribution in [0.1, 0.15) is 33.6 Å². The molecule has 0 saturated carbocycles. The summed E-state index contributed by atoms with van der Waals surface area (Å²) in [4.78, 5) is 0. The summed E-state index contributed by atoms with van der Waals surface area (Å²) in [7, 11) is 0. The zero-order valence-electron chi connectivity index (χ0n) is 11.8. The Labute approximate surface area is 118 Å². The van der Waals surface area contributed by atoms with E-state index >= 15 is 0 Å². The molecular formula is C14H18N4O2. The molecule has 2 unspecified atom stereocenters. The molecule has 6 nitrogen and oxygen atoms in total. The van der Waals surface area contributed by atoms with Gasteiger partial charge in [0.2, 0.25) is 0 Å². The van der Waals surface area contributed by atoms with Gasteiger partial charge in [-0.2, -0.15) is 15.8 Å². The average molecular weight is 274 g/mol. The van der Waals surface area contributed by atoms with Crippen molar-refractivity contribution in [2.75, 3.05) is 0 Å². The maximum Gasteiger partial charge on any atom is 0.181 e. The molecule has 0 saturated heterocycles. The van der Waals surface area contributed by atoms with Crippen LogP contribution in [0, 0.1) is 44.8 Å². The van der Waals surface area contributed by atoms with Gasteiger partial charge >= 0.3 is 0 Å². The van der Waals surface area contributed by atoms with E-state index in [1.165, 1.54) is 0 Å². The third-order valence-corrected chi connectivity index (χ3v) is 3.81. The minimum absolute atomic E-state index is 0.0356. The summed E-state index contributed by atoms with van der Waals surface area (Å²) in [5.41, 5.74) is 3.31. The molecule has 3 N–H and O–H groups in total. The van der Waals surface area contributed by atoms with Crippen molar-refractivity contribution >= 4 is 0 Å². The van der Waals surface area contributed by atoms with Crippen molar-refractivity contribution < 1.29 is 9.84 Å². The van der Waals surface area contributed by atoms with Crippen LogP contribution >= 0.6 is 0 Å². The topological polar surface area (TPSA) is 127 Å². The zero-order valence-corrected chi connectivity index (χ0v) is 11.8. The molecule has 106 valence electrons. The first-order valence-corrected chi connectivity index (χ1v) is 6.40. The fourth-order valence-corrected chi connectivity index (χ4v) is 2.61. The van der Waals surface area contributed by atoms with E-state index in [9.17, 15) is 20.9 Å². The van der Waals surface area contributed by atoms with Gasteiger partial charge in [-0.3, -0.25) is 0 Å². The second-order valence-electron chi connectivity index (χ2n) is 5.25. The molecule has 0 radical (unpaired) electrons. The SMILES string of the molecule is CCC1(C(O)OC(C)C)CC(C#N)(C#N)C(C#N)=C1N. The number of hydrogen-bond donors (Lipinski definition) is 2. The molecule has 0 bridgehead atoms. The number of hydrogen-bond acceptors (Lipinski definition) is 6. The Kier molecular flexibility index (Phi) is 4.40. The summed E-state index contributed by atoms with van der Waals surface area (Å²) < 4.78 is 5.39. The molecule has 1 rings (SSSR count). The molecule has 2 atom stereocenters. The molecule has 1 aliphatic rings. The van der Waals surface area contributed by atoms with Crippen LogP contribution < -0.4 is 5.73 Å². The van der Waals surface area contributed by atoms with Gasteiger partial charge in [-0.15, -0.1) is 0 Å². The quantitative estimate of drug-likeness (QED) is 0.744. The van der Waals surface area contributed by atoms with Crippen LogP contribution in [0.4, 0.5) is 0 Å². The second kappa shape index (κ2) is 5.51. The molecule has 0 fully saturated rings. The van der Waals surface area contributed by atoms with E-state index in [0.717, 1.165) is 0 Å². The van der Waals surface area contributed by atoms with Gasteiger partial charge < -0.3 is 15.6 Å². The van der Waals surface area contributed by atoms with Crippen molar-refractivity contribution in [1.29, 1.82) is 15.8 Å². The number of nitrogens with two attached hydrogens (primary N) is 1. The highest BCUT2D eigenvalue weighted by molar-refractivity contribution is 5.51. The highest BCUT2D eigenvalue weighted by Crippen LogP contribution is 2.54. The molecule has 0 aromatic heterocycles. The lowest BCUT2D eigenvalue weighted by Gasteiger charge is -2.35. The first-order chi connectivity index (χ1) is 9.33. The lowest BCUT2D eigenvalue weighted by molar-refractivity contribution is -0.186. The number of rotatable bonds is 4. The number of nitriles is 3. The molecule has 0 spiro atoms. The van der Waals surface area contributed by atoms with Crippen LogP contribution in [0.15, 0.2) is 11.3 Å². The summed E-state index contributed by atoms with van der Waals surface area (Å²) in [5, 5.41) is 38.1. The molecule has 0 aromatic carbocycles. The van der Waals surface area contributed by atoms with E-state index in [1.807, 2.05) is 18.2 Å². The smallest absolute Gasteiger partial charge is 0.181 e. The normalized spacial score (nSPS) is 25.9. The number of nitrogens with zero attached hydrogens (tertiary/aromatic N) is 3. The lowest BCUT2D eigenvalue weighted by Crippen LogP contribution is -2.41. The summed E-state index contributed by atoms with van der Waals surface area (Å²) >= 11 is 0. The summed E-state index contributed by atoms with van der Waals surface area (Å²) in [6, 6.07) is 5.58.